The van der Waals surface area contributed by atoms with Gasteiger partial charge in [0.25, 0.3) is 0 Å². The number of amides is 3. The van der Waals surface area contributed by atoms with E-state index in [1.807, 2.05) is 12.2 Å². The molecular weight excluding hydrogens is 385 g/mol. The van der Waals surface area contributed by atoms with E-state index < -0.39 is 29.5 Å². The maximum Gasteiger partial charge on any atom is 0.416 e. The van der Waals surface area contributed by atoms with E-state index in [0.29, 0.717) is 11.8 Å². The lowest BCUT2D eigenvalue weighted by atomic mass is 9.63. The molecule has 1 aromatic carbocycles. The van der Waals surface area contributed by atoms with Crippen molar-refractivity contribution in [2.45, 2.75) is 19.5 Å². The number of benzene rings is 1. The van der Waals surface area contributed by atoms with Gasteiger partial charge in [0.1, 0.15) is 6.67 Å². The highest BCUT2D eigenvalue weighted by Crippen LogP contribution is 2.65. The van der Waals surface area contributed by atoms with Gasteiger partial charge in [-0.3, -0.25) is 24.2 Å². The summed E-state index contributed by atoms with van der Waals surface area (Å²) in [4.78, 5) is 40.5. The molecule has 152 valence electrons. The van der Waals surface area contributed by atoms with Crippen LogP contribution in [0.5, 0.6) is 0 Å². The van der Waals surface area contributed by atoms with E-state index in [1.165, 1.54) is 19.1 Å². The molecule has 6 atom stereocenters. The molecule has 1 heterocycles. The summed E-state index contributed by atoms with van der Waals surface area (Å²) < 4.78 is 39.2. The standard InChI is InChI=1S/C21H19F3N2O3/c1-10(27)25(12-4-2-3-11(7-12)21(22,23)24)9-26-19(28)17-13-5-6-14(16-8-15(13)16)18(17)20(26)29/h2-7,13-18H,8-9H2,1H3. The van der Waals surface area contributed by atoms with Gasteiger partial charge in [-0.15, -0.1) is 0 Å². The predicted molar refractivity (Wildman–Crippen MR) is 96.0 cm³/mol. The Kier molecular flexibility index (Phi) is 3.76. The first-order chi connectivity index (χ1) is 13.7. The van der Waals surface area contributed by atoms with Crippen LogP contribution < -0.4 is 4.90 Å². The van der Waals surface area contributed by atoms with Crippen molar-refractivity contribution in [3.8, 4) is 0 Å². The number of anilines is 1. The lowest BCUT2D eigenvalue weighted by molar-refractivity contribution is -0.141. The Balaban J connectivity index is 1.44. The quantitative estimate of drug-likeness (QED) is 0.575. The van der Waals surface area contributed by atoms with Crippen LogP contribution in [0.1, 0.15) is 18.9 Å². The van der Waals surface area contributed by atoms with Crippen molar-refractivity contribution in [2.24, 2.45) is 35.5 Å². The van der Waals surface area contributed by atoms with Crippen molar-refractivity contribution in [1.29, 1.82) is 0 Å². The molecule has 0 N–H and O–H groups in total. The summed E-state index contributed by atoms with van der Waals surface area (Å²) in [6.45, 7) is 0.842. The van der Waals surface area contributed by atoms with Crippen LogP contribution in [0.4, 0.5) is 18.9 Å². The van der Waals surface area contributed by atoms with E-state index in [1.54, 1.807) is 0 Å². The van der Waals surface area contributed by atoms with E-state index in [0.717, 1.165) is 28.4 Å². The minimum Gasteiger partial charge on any atom is -0.294 e. The fourth-order valence-electron chi connectivity index (χ4n) is 5.51. The Hall–Kier alpha value is -2.64. The molecule has 1 aliphatic heterocycles. The van der Waals surface area contributed by atoms with E-state index in [2.05, 4.69) is 0 Å². The highest BCUT2D eigenvalue weighted by Gasteiger charge is 2.67. The predicted octanol–water partition coefficient (Wildman–Crippen LogP) is 3.07. The number of carbonyl (C=O) groups is 3. The van der Waals surface area contributed by atoms with Crippen LogP contribution in [0.2, 0.25) is 0 Å². The summed E-state index contributed by atoms with van der Waals surface area (Å²) >= 11 is 0. The number of hydrogen-bond acceptors (Lipinski definition) is 3. The minimum atomic E-state index is -4.56. The van der Waals surface area contributed by atoms with Gasteiger partial charge in [0.2, 0.25) is 17.7 Å². The summed E-state index contributed by atoms with van der Waals surface area (Å²) in [5, 5.41) is 0. The van der Waals surface area contributed by atoms with Gasteiger partial charge in [0.15, 0.2) is 0 Å². The first kappa shape index (κ1) is 18.4. The second kappa shape index (κ2) is 5.93. The highest BCUT2D eigenvalue weighted by molar-refractivity contribution is 6.07. The van der Waals surface area contributed by atoms with E-state index in [4.69, 9.17) is 0 Å². The fraction of sp³-hybridized carbons (Fsp3) is 0.476. The summed E-state index contributed by atoms with van der Waals surface area (Å²) in [7, 11) is 0. The largest absolute Gasteiger partial charge is 0.416 e. The van der Waals surface area contributed by atoms with Crippen molar-refractivity contribution >= 4 is 23.4 Å². The number of carbonyl (C=O) groups excluding carboxylic acids is 3. The minimum absolute atomic E-state index is 0.00624. The molecule has 1 saturated heterocycles. The van der Waals surface area contributed by atoms with Crippen molar-refractivity contribution in [3.05, 3.63) is 42.0 Å². The molecule has 2 saturated carbocycles. The van der Waals surface area contributed by atoms with Gasteiger partial charge in [-0.1, -0.05) is 18.2 Å². The van der Waals surface area contributed by atoms with Gasteiger partial charge >= 0.3 is 6.18 Å². The maximum atomic E-state index is 13.1. The smallest absolute Gasteiger partial charge is 0.294 e. The van der Waals surface area contributed by atoms with Crippen LogP contribution in [0.15, 0.2) is 36.4 Å². The second-order valence-corrected chi connectivity index (χ2v) is 8.40. The van der Waals surface area contributed by atoms with Crippen LogP contribution in [-0.4, -0.2) is 29.3 Å². The molecule has 3 amide bonds. The SMILES string of the molecule is CC(=O)N(CN1C(=O)C2C3C=CC(C4CC34)C2C1=O)c1cccc(C(F)(F)F)c1. The highest BCUT2D eigenvalue weighted by atomic mass is 19.4. The fourth-order valence-corrected chi connectivity index (χ4v) is 5.51. The lowest BCUT2D eigenvalue weighted by Gasteiger charge is -2.37. The Morgan fingerprint density at radius 3 is 2.21 bits per heavy atom. The molecule has 3 fully saturated rings. The first-order valence-corrected chi connectivity index (χ1v) is 9.67. The Morgan fingerprint density at radius 1 is 1.10 bits per heavy atom. The van der Waals surface area contributed by atoms with E-state index in [9.17, 15) is 27.6 Å². The molecule has 4 aliphatic carbocycles. The molecule has 0 aromatic heterocycles. The van der Waals surface area contributed by atoms with Gasteiger partial charge in [0.05, 0.1) is 17.4 Å². The normalized spacial score (nSPS) is 34.3. The molecule has 5 aliphatic rings. The first-order valence-electron chi connectivity index (χ1n) is 9.67. The molecule has 0 spiro atoms. The number of alkyl halides is 3. The van der Waals surface area contributed by atoms with Crippen LogP contribution in [-0.2, 0) is 20.6 Å². The molecule has 0 radical (unpaired) electrons. The molecule has 29 heavy (non-hydrogen) atoms. The zero-order chi connectivity index (χ0) is 20.7. The van der Waals surface area contributed by atoms with Gasteiger partial charge < -0.3 is 0 Å². The van der Waals surface area contributed by atoms with Crippen molar-refractivity contribution < 1.29 is 27.6 Å². The molecule has 1 aromatic rings. The number of hydrogen-bond donors (Lipinski definition) is 0. The van der Waals surface area contributed by atoms with E-state index in [-0.39, 0.29) is 36.0 Å². The Morgan fingerprint density at radius 2 is 1.69 bits per heavy atom. The molecule has 6 unspecified atom stereocenters. The summed E-state index contributed by atoms with van der Waals surface area (Å²) in [6, 6.07) is 4.35. The van der Waals surface area contributed by atoms with Crippen molar-refractivity contribution in [3.63, 3.8) is 0 Å². The van der Waals surface area contributed by atoms with Gasteiger partial charge in [-0.05, 0) is 48.3 Å². The van der Waals surface area contributed by atoms with Crippen LogP contribution in [0.3, 0.4) is 0 Å². The number of likely N-dealkylation sites (tertiary alicyclic amines) is 1. The Bertz CT molecular complexity index is 921. The average molecular weight is 404 g/mol. The van der Waals surface area contributed by atoms with Gasteiger partial charge in [-0.2, -0.15) is 13.2 Å². The summed E-state index contributed by atoms with van der Waals surface area (Å²) in [6.07, 6.45) is 0.576. The third-order valence-electron chi connectivity index (χ3n) is 6.90. The third kappa shape index (κ3) is 2.64. The monoisotopic (exact) mass is 404 g/mol. The maximum absolute atomic E-state index is 13.1. The number of nitrogens with zero attached hydrogens (tertiary/aromatic N) is 2. The van der Waals surface area contributed by atoms with Crippen molar-refractivity contribution in [2.75, 3.05) is 11.6 Å². The molecule has 2 bridgehead atoms. The zero-order valence-electron chi connectivity index (χ0n) is 15.6. The Labute approximate surface area is 165 Å². The molecule has 6 rings (SSSR count). The number of halogens is 3. The average Bonchev–Trinajstić information content (AvgIpc) is 3.45. The molecule has 8 heteroatoms. The van der Waals surface area contributed by atoms with Gasteiger partial charge in [0, 0.05) is 12.6 Å². The van der Waals surface area contributed by atoms with Gasteiger partial charge in [-0.25, -0.2) is 0 Å². The number of imide groups is 1. The van der Waals surface area contributed by atoms with Crippen molar-refractivity contribution in [1.82, 2.24) is 4.90 Å². The topological polar surface area (TPSA) is 57.7 Å². The molecular formula is C21H19F3N2O3. The van der Waals surface area contributed by atoms with Crippen LogP contribution >= 0.6 is 0 Å². The van der Waals surface area contributed by atoms with Crippen LogP contribution in [0, 0.1) is 35.5 Å². The second-order valence-electron chi connectivity index (χ2n) is 8.40. The molecule has 5 nitrogen and oxygen atoms in total. The van der Waals surface area contributed by atoms with Crippen LogP contribution in [0.25, 0.3) is 0 Å². The number of allylic oxidation sites excluding steroid dienone is 2. The number of rotatable bonds is 3. The zero-order valence-corrected chi connectivity index (χ0v) is 15.6. The summed E-state index contributed by atoms with van der Waals surface area (Å²) in [5.41, 5.74) is -0.886. The van der Waals surface area contributed by atoms with E-state index >= 15 is 0 Å². The lowest BCUT2D eigenvalue weighted by Crippen LogP contribution is -2.44. The summed E-state index contributed by atoms with van der Waals surface area (Å²) in [5.74, 6) is -0.972. The third-order valence-corrected chi connectivity index (χ3v) is 6.90.